The summed E-state index contributed by atoms with van der Waals surface area (Å²) in [4.78, 5) is 0. The van der Waals surface area contributed by atoms with Gasteiger partial charge in [0.1, 0.15) is 5.82 Å². The first-order valence-electron chi connectivity index (χ1n) is 3.52. The number of nitrogen functional groups attached to an aromatic ring is 1. The lowest BCUT2D eigenvalue weighted by atomic mass is 9.80. The number of hydrogen-bond donors (Lipinski definition) is 3. The zero-order valence-electron chi connectivity index (χ0n) is 7.07. The largest absolute Gasteiger partial charge is 0.488 e. The minimum atomic E-state index is -1.65. The second-order valence-electron chi connectivity index (χ2n) is 2.15. The molecule has 0 aromatic heterocycles. The molecule has 0 saturated carbocycles. The van der Waals surface area contributed by atoms with Gasteiger partial charge in [0.2, 0.25) is 0 Å². The lowest BCUT2D eigenvalue weighted by molar-refractivity contribution is 0.425. The Morgan fingerprint density at radius 3 is 2.23 bits per heavy atom. The molecule has 1 aromatic carbocycles. The van der Waals surface area contributed by atoms with Crippen LogP contribution in [0.4, 0.5) is 10.1 Å². The van der Waals surface area contributed by atoms with E-state index < -0.39 is 12.9 Å². The van der Waals surface area contributed by atoms with Crippen LogP contribution in [0.5, 0.6) is 0 Å². The third-order valence-corrected chi connectivity index (χ3v) is 1.32. The summed E-state index contributed by atoms with van der Waals surface area (Å²) >= 11 is 0. The van der Waals surface area contributed by atoms with Crippen LogP contribution in [0.2, 0.25) is 0 Å². The van der Waals surface area contributed by atoms with E-state index in [1.807, 2.05) is 0 Å². The molecule has 13 heavy (non-hydrogen) atoms. The van der Waals surface area contributed by atoms with Gasteiger partial charge in [0.25, 0.3) is 0 Å². The molecule has 1 rings (SSSR count). The number of halogens is 1. The third kappa shape index (κ3) is 3.27. The fourth-order valence-corrected chi connectivity index (χ4v) is 0.704. The maximum atomic E-state index is 12.6. The highest BCUT2D eigenvalue weighted by molar-refractivity contribution is 6.58. The monoisotopic (exact) mass is 183 g/mol. The van der Waals surface area contributed by atoms with E-state index >= 15 is 0 Å². The molecular formula is C8H11BFNO2. The standard InChI is InChI=1S/C6H7BFNO2.C2H4/c8-5-3-4(7(10)11)1-2-6(5)9;1-2/h1-3,10-11H,9H2;1-2H2. The quantitative estimate of drug-likeness (QED) is 0.323. The number of hydrogen-bond acceptors (Lipinski definition) is 3. The van der Waals surface area contributed by atoms with Crippen molar-refractivity contribution >= 4 is 18.3 Å². The molecule has 0 fully saturated rings. The van der Waals surface area contributed by atoms with E-state index in [-0.39, 0.29) is 11.2 Å². The third-order valence-electron chi connectivity index (χ3n) is 1.32. The van der Waals surface area contributed by atoms with Crippen molar-refractivity contribution in [1.29, 1.82) is 0 Å². The lowest BCUT2D eigenvalue weighted by Gasteiger charge is -2.00. The summed E-state index contributed by atoms with van der Waals surface area (Å²) in [6, 6.07) is 3.62. The summed E-state index contributed by atoms with van der Waals surface area (Å²) in [5.74, 6) is -0.643. The second-order valence-corrected chi connectivity index (χ2v) is 2.15. The molecule has 4 N–H and O–H groups in total. The van der Waals surface area contributed by atoms with Gasteiger partial charge >= 0.3 is 7.12 Å². The maximum absolute atomic E-state index is 12.6. The van der Waals surface area contributed by atoms with Crippen molar-refractivity contribution in [3.05, 3.63) is 37.2 Å². The smallest absolute Gasteiger partial charge is 0.423 e. The van der Waals surface area contributed by atoms with Gasteiger partial charge in [0.15, 0.2) is 0 Å². The lowest BCUT2D eigenvalue weighted by Crippen LogP contribution is -2.30. The van der Waals surface area contributed by atoms with E-state index in [1.165, 1.54) is 12.1 Å². The first kappa shape index (κ1) is 11.7. The van der Waals surface area contributed by atoms with E-state index in [1.54, 1.807) is 0 Å². The van der Waals surface area contributed by atoms with E-state index in [0.29, 0.717) is 0 Å². The molecule has 0 aliphatic rings. The van der Waals surface area contributed by atoms with Gasteiger partial charge in [-0.1, -0.05) is 6.07 Å². The molecule has 0 atom stereocenters. The summed E-state index contributed by atoms with van der Waals surface area (Å²) in [5, 5.41) is 17.2. The summed E-state index contributed by atoms with van der Waals surface area (Å²) in [6.07, 6.45) is 0. The van der Waals surface area contributed by atoms with E-state index in [9.17, 15) is 4.39 Å². The Kier molecular flexibility index (Phi) is 4.80. The molecule has 0 saturated heterocycles. The Morgan fingerprint density at radius 1 is 1.31 bits per heavy atom. The Bertz CT molecular complexity index is 281. The molecule has 1 aromatic rings. The number of nitrogens with two attached hydrogens (primary N) is 1. The van der Waals surface area contributed by atoms with E-state index in [2.05, 4.69) is 13.2 Å². The van der Waals surface area contributed by atoms with E-state index in [0.717, 1.165) is 6.07 Å². The number of benzene rings is 1. The number of rotatable bonds is 1. The molecule has 0 aliphatic heterocycles. The summed E-state index contributed by atoms with van der Waals surface area (Å²) in [5.41, 5.74) is 5.24. The molecule has 5 heteroatoms. The molecule has 3 nitrogen and oxygen atoms in total. The molecule has 0 heterocycles. The Morgan fingerprint density at radius 2 is 1.85 bits per heavy atom. The second kappa shape index (κ2) is 5.34. The molecular weight excluding hydrogens is 172 g/mol. The molecule has 0 aliphatic carbocycles. The van der Waals surface area contributed by atoms with Gasteiger partial charge in [0, 0.05) is 0 Å². The molecule has 0 radical (unpaired) electrons. The Labute approximate surface area is 76.5 Å². The van der Waals surface area contributed by atoms with Crippen molar-refractivity contribution < 1.29 is 14.4 Å². The zero-order valence-corrected chi connectivity index (χ0v) is 7.07. The van der Waals surface area contributed by atoms with Gasteiger partial charge in [-0.3, -0.25) is 0 Å². The molecule has 0 amide bonds. The van der Waals surface area contributed by atoms with Crippen LogP contribution in [0.1, 0.15) is 0 Å². The Balaban J connectivity index is 0.000000671. The van der Waals surface area contributed by atoms with Crippen LogP contribution in [-0.4, -0.2) is 17.2 Å². The van der Waals surface area contributed by atoms with Crippen molar-refractivity contribution in [1.82, 2.24) is 0 Å². The van der Waals surface area contributed by atoms with Crippen LogP contribution in [-0.2, 0) is 0 Å². The molecule has 0 spiro atoms. The van der Waals surface area contributed by atoms with Crippen molar-refractivity contribution in [2.45, 2.75) is 0 Å². The van der Waals surface area contributed by atoms with Crippen LogP contribution in [0.3, 0.4) is 0 Å². The van der Waals surface area contributed by atoms with Crippen molar-refractivity contribution in [2.75, 3.05) is 5.73 Å². The summed E-state index contributed by atoms with van der Waals surface area (Å²) < 4.78 is 12.6. The van der Waals surface area contributed by atoms with Gasteiger partial charge in [-0.15, -0.1) is 13.2 Å². The van der Waals surface area contributed by atoms with Crippen molar-refractivity contribution in [3.63, 3.8) is 0 Å². The first-order chi connectivity index (χ1) is 6.11. The minimum absolute atomic E-state index is 0.00519. The van der Waals surface area contributed by atoms with Gasteiger partial charge in [-0.2, -0.15) is 0 Å². The average molecular weight is 183 g/mol. The van der Waals surface area contributed by atoms with Gasteiger partial charge in [0.05, 0.1) is 5.69 Å². The zero-order chi connectivity index (χ0) is 10.4. The fraction of sp³-hybridized carbons (Fsp3) is 0. The molecule has 0 bridgehead atoms. The van der Waals surface area contributed by atoms with Crippen molar-refractivity contribution in [2.24, 2.45) is 0 Å². The Hall–Kier alpha value is -1.33. The average Bonchev–Trinajstić information content (AvgIpc) is 2.13. The fourth-order valence-electron chi connectivity index (χ4n) is 0.704. The van der Waals surface area contributed by atoms with Crippen LogP contribution in [0.15, 0.2) is 31.4 Å². The van der Waals surface area contributed by atoms with Gasteiger partial charge in [-0.25, -0.2) is 4.39 Å². The maximum Gasteiger partial charge on any atom is 0.488 e. The first-order valence-corrected chi connectivity index (χ1v) is 3.52. The summed E-state index contributed by atoms with van der Waals surface area (Å²) in [6.45, 7) is 6.00. The number of anilines is 1. The SMILES string of the molecule is C=C.Nc1ccc(B(O)O)cc1F. The highest BCUT2D eigenvalue weighted by Gasteiger charge is 2.11. The predicted octanol–water partition coefficient (Wildman–Crippen LogP) is -0.110. The van der Waals surface area contributed by atoms with Gasteiger partial charge < -0.3 is 15.8 Å². The van der Waals surface area contributed by atoms with Crippen molar-refractivity contribution in [3.8, 4) is 0 Å². The summed E-state index contributed by atoms with van der Waals surface area (Å²) in [7, 11) is -1.65. The molecule has 0 unspecified atom stereocenters. The van der Waals surface area contributed by atoms with Crippen LogP contribution >= 0.6 is 0 Å². The van der Waals surface area contributed by atoms with Crippen LogP contribution in [0.25, 0.3) is 0 Å². The van der Waals surface area contributed by atoms with Crippen LogP contribution in [0, 0.1) is 5.82 Å². The van der Waals surface area contributed by atoms with E-state index in [4.69, 9.17) is 15.8 Å². The van der Waals surface area contributed by atoms with Gasteiger partial charge in [-0.05, 0) is 17.6 Å². The minimum Gasteiger partial charge on any atom is -0.423 e. The topological polar surface area (TPSA) is 66.5 Å². The normalized spacial score (nSPS) is 8.54. The van der Waals surface area contributed by atoms with Crippen LogP contribution < -0.4 is 11.2 Å². The predicted molar refractivity (Wildman–Crippen MR) is 51.9 cm³/mol. The highest BCUT2D eigenvalue weighted by Crippen LogP contribution is 2.05. The molecule has 70 valence electrons. The highest BCUT2D eigenvalue weighted by atomic mass is 19.1.